The highest BCUT2D eigenvalue weighted by Gasteiger charge is 2.29. The van der Waals surface area contributed by atoms with Gasteiger partial charge in [0.15, 0.2) is 0 Å². The Kier molecular flexibility index (Phi) is 15.6. The molecule has 4 unspecified atom stereocenters. The SMILES string of the molecule is CC(C)CCCC(C)CCCC(C)CCCC(C)(O)C(O)CNCCCO. The first kappa shape index (κ1) is 26.8. The molecule has 0 aromatic rings. The molecule has 0 bridgehead atoms. The number of nitrogens with one attached hydrogen (secondary N) is 1. The summed E-state index contributed by atoms with van der Waals surface area (Å²) in [7, 11) is 0. The van der Waals surface area contributed by atoms with Crippen LogP contribution in [0.5, 0.6) is 0 Å². The van der Waals surface area contributed by atoms with Gasteiger partial charge in [0.25, 0.3) is 0 Å². The second-order valence-electron chi connectivity index (χ2n) is 9.51. The molecule has 4 atom stereocenters. The summed E-state index contributed by atoms with van der Waals surface area (Å²) in [4.78, 5) is 0. The molecule has 0 aliphatic heterocycles. The maximum atomic E-state index is 10.5. The molecule has 0 radical (unpaired) electrons. The minimum atomic E-state index is -1.04. The zero-order valence-electron chi connectivity index (χ0n) is 18.8. The van der Waals surface area contributed by atoms with Crippen molar-refractivity contribution in [2.24, 2.45) is 17.8 Å². The van der Waals surface area contributed by atoms with E-state index in [9.17, 15) is 10.2 Å². The number of aliphatic hydroxyl groups excluding tert-OH is 2. The lowest BCUT2D eigenvalue weighted by Crippen LogP contribution is -2.45. The Morgan fingerprint density at radius 2 is 1.33 bits per heavy atom. The Hall–Kier alpha value is -0.160. The van der Waals surface area contributed by atoms with Gasteiger partial charge in [-0.1, -0.05) is 79.1 Å². The van der Waals surface area contributed by atoms with Crippen molar-refractivity contribution in [1.82, 2.24) is 5.32 Å². The van der Waals surface area contributed by atoms with E-state index in [0.29, 0.717) is 31.8 Å². The molecule has 4 heteroatoms. The topological polar surface area (TPSA) is 72.7 Å². The molecule has 0 rings (SSSR count). The summed E-state index contributed by atoms with van der Waals surface area (Å²) >= 11 is 0. The number of rotatable bonds is 18. The fourth-order valence-corrected chi connectivity index (χ4v) is 3.62. The molecule has 0 heterocycles. The lowest BCUT2D eigenvalue weighted by Gasteiger charge is -2.30. The summed E-state index contributed by atoms with van der Waals surface area (Å²) < 4.78 is 0. The highest BCUT2D eigenvalue weighted by atomic mass is 16.3. The fraction of sp³-hybridized carbons (Fsp3) is 1.00. The smallest absolute Gasteiger partial charge is 0.0948 e. The Bertz CT molecular complexity index is 334. The van der Waals surface area contributed by atoms with Crippen molar-refractivity contribution in [3.8, 4) is 0 Å². The molecule has 0 saturated carbocycles. The van der Waals surface area contributed by atoms with Crippen LogP contribution in [-0.2, 0) is 0 Å². The summed E-state index contributed by atoms with van der Waals surface area (Å²) in [5.74, 6) is 2.35. The van der Waals surface area contributed by atoms with E-state index in [-0.39, 0.29) is 6.61 Å². The molecule has 0 aromatic heterocycles. The Morgan fingerprint density at radius 3 is 1.85 bits per heavy atom. The molecule has 0 fully saturated rings. The third kappa shape index (κ3) is 15.4. The number of hydrogen-bond acceptors (Lipinski definition) is 4. The largest absolute Gasteiger partial charge is 0.396 e. The lowest BCUT2D eigenvalue weighted by atomic mass is 9.88. The predicted octanol–water partition coefficient (Wildman–Crippen LogP) is 4.51. The Morgan fingerprint density at radius 1 is 0.815 bits per heavy atom. The van der Waals surface area contributed by atoms with Gasteiger partial charge in [0.05, 0.1) is 11.7 Å². The van der Waals surface area contributed by atoms with Crippen LogP contribution in [0.2, 0.25) is 0 Å². The quantitative estimate of drug-likeness (QED) is 0.261. The molecule has 0 amide bonds. The van der Waals surface area contributed by atoms with Gasteiger partial charge in [0.2, 0.25) is 0 Å². The average Bonchev–Trinajstić information content (AvgIpc) is 2.58. The van der Waals surface area contributed by atoms with Crippen LogP contribution in [0, 0.1) is 17.8 Å². The minimum Gasteiger partial charge on any atom is -0.396 e. The second-order valence-corrected chi connectivity index (χ2v) is 9.51. The van der Waals surface area contributed by atoms with Gasteiger partial charge >= 0.3 is 0 Å². The molecule has 0 aliphatic carbocycles. The monoisotopic (exact) mass is 387 g/mol. The van der Waals surface area contributed by atoms with Crippen molar-refractivity contribution in [2.75, 3.05) is 19.7 Å². The summed E-state index contributed by atoms with van der Waals surface area (Å²) in [6, 6.07) is 0. The van der Waals surface area contributed by atoms with Gasteiger partial charge in [-0.25, -0.2) is 0 Å². The van der Waals surface area contributed by atoms with Crippen molar-refractivity contribution in [1.29, 1.82) is 0 Å². The molecule has 0 aromatic carbocycles. The first-order valence-electron chi connectivity index (χ1n) is 11.4. The normalized spacial score (nSPS) is 17.7. The van der Waals surface area contributed by atoms with E-state index in [2.05, 4.69) is 33.0 Å². The molecule has 0 saturated heterocycles. The van der Waals surface area contributed by atoms with E-state index in [1.165, 1.54) is 38.5 Å². The van der Waals surface area contributed by atoms with E-state index in [4.69, 9.17) is 5.11 Å². The van der Waals surface area contributed by atoms with Gasteiger partial charge < -0.3 is 20.6 Å². The average molecular weight is 388 g/mol. The van der Waals surface area contributed by atoms with Crippen molar-refractivity contribution in [3.63, 3.8) is 0 Å². The summed E-state index contributed by atoms with van der Waals surface area (Å²) in [6.07, 6.45) is 10.6. The van der Waals surface area contributed by atoms with Crippen LogP contribution in [0.3, 0.4) is 0 Å². The zero-order valence-corrected chi connectivity index (χ0v) is 18.8. The summed E-state index contributed by atoms with van der Waals surface area (Å²) in [5, 5.41) is 32.5. The fourth-order valence-electron chi connectivity index (χ4n) is 3.62. The maximum absolute atomic E-state index is 10.5. The van der Waals surface area contributed by atoms with Gasteiger partial charge in [0.1, 0.15) is 0 Å². The van der Waals surface area contributed by atoms with Crippen LogP contribution in [0.1, 0.15) is 98.8 Å². The van der Waals surface area contributed by atoms with Crippen LogP contribution in [0.15, 0.2) is 0 Å². The third-order valence-electron chi connectivity index (χ3n) is 5.82. The van der Waals surface area contributed by atoms with Crippen LogP contribution in [0.25, 0.3) is 0 Å². The van der Waals surface area contributed by atoms with Crippen LogP contribution < -0.4 is 5.32 Å². The Labute approximate surface area is 169 Å². The molecule has 27 heavy (non-hydrogen) atoms. The van der Waals surface area contributed by atoms with Gasteiger partial charge in [-0.15, -0.1) is 0 Å². The van der Waals surface area contributed by atoms with E-state index in [0.717, 1.165) is 24.7 Å². The molecule has 4 nitrogen and oxygen atoms in total. The predicted molar refractivity (Wildman–Crippen MR) is 116 cm³/mol. The Balaban J connectivity index is 3.80. The number of aliphatic hydroxyl groups is 3. The molecule has 0 spiro atoms. The molecule has 4 N–H and O–H groups in total. The number of hydrogen-bond donors (Lipinski definition) is 4. The third-order valence-corrected chi connectivity index (χ3v) is 5.82. The van der Waals surface area contributed by atoms with Crippen molar-refractivity contribution < 1.29 is 15.3 Å². The van der Waals surface area contributed by atoms with Crippen molar-refractivity contribution in [3.05, 3.63) is 0 Å². The highest BCUT2D eigenvalue weighted by Crippen LogP contribution is 2.24. The van der Waals surface area contributed by atoms with E-state index in [1.54, 1.807) is 6.92 Å². The summed E-state index contributed by atoms with van der Waals surface area (Å²) in [6.45, 7) is 12.2. The van der Waals surface area contributed by atoms with Crippen molar-refractivity contribution in [2.45, 2.75) is 111 Å². The van der Waals surface area contributed by atoms with Crippen LogP contribution in [-0.4, -0.2) is 46.7 Å². The molecular formula is C23H49NO3. The van der Waals surface area contributed by atoms with Gasteiger partial charge in [-0.2, -0.15) is 0 Å². The maximum Gasteiger partial charge on any atom is 0.0948 e. The standard InChI is InChI=1S/C23H49NO3/c1-19(2)10-6-11-20(3)12-7-13-21(4)14-8-15-23(5,27)22(26)18-24-16-9-17-25/h19-22,24-27H,6-18H2,1-5H3. The second kappa shape index (κ2) is 15.7. The lowest BCUT2D eigenvalue weighted by molar-refractivity contribution is -0.0669. The minimum absolute atomic E-state index is 0.147. The van der Waals surface area contributed by atoms with Gasteiger partial charge in [0, 0.05) is 13.2 Å². The van der Waals surface area contributed by atoms with Crippen LogP contribution in [0.4, 0.5) is 0 Å². The first-order valence-corrected chi connectivity index (χ1v) is 11.4. The summed E-state index contributed by atoms with van der Waals surface area (Å²) in [5.41, 5.74) is -1.04. The van der Waals surface area contributed by atoms with Crippen molar-refractivity contribution >= 4 is 0 Å². The zero-order chi connectivity index (χ0) is 20.7. The molecule has 0 aliphatic rings. The van der Waals surface area contributed by atoms with Crippen LogP contribution >= 0.6 is 0 Å². The van der Waals surface area contributed by atoms with E-state index >= 15 is 0 Å². The van der Waals surface area contributed by atoms with E-state index < -0.39 is 11.7 Å². The van der Waals surface area contributed by atoms with Gasteiger partial charge in [-0.3, -0.25) is 0 Å². The molecular weight excluding hydrogens is 338 g/mol. The molecule has 164 valence electrons. The van der Waals surface area contributed by atoms with E-state index in [1.807, 2.05) is 0 Å². The highest BCUT2D eigenvalue weighted by molar-refractivity contribution is 4.83. The first-order chi connectivity index (χ1) is 12.7. The van der Waals surface area contributed by atoms with Gasteiger partial charge in [-0.05, 0) is 44.1 Å².